The third kappa shape index (κ3) is 10.6. The highest BCUT2D eigenvalue weighted by molar-refractivity contribution is 6.24. The van der Waals surface area contributed by atoms with Crippen LogP contribution in [0.5, 0.6) is 5.75 Å². The van der Waals surface area contributed by atoms with Gasteiger partial charge in [0.2, 0.25) is 23.6 Å². The Balaban J connectivity index is 0.761. The zero-order valence-corrected chi connectivity index (χ0v) is 34.1. The van der Waals surface area contributed by atoms with Crippen molar-refractivity contribution in [1.29, 1.82) is 0 Å². The van der Waals surface area contributed by atoms with E-state index in [4.69, 9.17) is 4.74 Å². The Bertz CT molecular complexity index is 2130. The van der Waals surface area contributed by atoms with Gasteiger partial charge in [0, 0.05) is 77.1 Å². The maximum Gasteiger partial charge on any atom is 0.274 e. The average Bonchev–Trinajstić information content (AvgIpc) is 3.54. The van der Waals surface area contributed by atoms with E-state index in [1.807, 2.05) is 28.0 Å². The number of benzene rings is 1. The van der Waals surface area contributed by atoms with Gasteiger partial charge in [-0.15, -0.1) is 10.2 Å². The van der Waals surface area contributed by atoms with Gasteiger partial charge in [-0.05, 0) is 86.4 Å². The van der Waals surface area contributed by atoms with E-state index in [1.165, 1.54) is 12.1 Å². The number of hydrogen-bond acceptors (Lipinski definition) is 12. The van der Waals surface area contributed by atoms with Gasteiger partial charge < -0.3 is 24.8 Å². The zero-order chi connectivity index (χ0) is 42.7. The Labute approximate surface area is 353 Å². The Morgan fingerprint density at radius 1 is 0.836 bits per heavy atom. The van der Waals surface area contributed by atoms with Gasteiger partial charge in [0.15, 0.2) is 11.5 Å². The normalized spacial score (nSPS) is 18.4. The summed E-state index contributed by atoms with van der Waals surface area (Å²) in [7, 11) is 0. The number of ether oxygens (including phenoxy) is 1. The van der Waals surface area contributed by atoms with Gasteiger partial charge in [-0.1, -0.05) is 25.0 Å². The second-order valence-corrected chi connectivity index (χ2v) is 15.7. The summed E-state index contributed by atoms with van der Waals surface area (Å²) >= 11 is 0. The predicted octanol–water partition coefficient (Wildman–Crippen LogP) is 3.02. The second kappa shape index (κ2) is 20.2. The fourth-order valence-corrected chi connectivity index (χ4v) is 8.18. The molecule has 4 aliphatic rings. The highest BCUT2D eigenvalue weighted by Gasteiger charge is 2.46. The molecule has 3 fully saturated rings. The van der Waals surface area contributed by atoms with E-state index < -0.39 is 29.7 Å². The zero-order valence-electron chi connectivity index (χ0n) is 34.1. The molecule has 2 N–H and O–H groups in total. The number of pyridine rings is 1. The van der Waals surface area contributed by atoms with Crippen LogP contribution in [-0.2, 0) is 19.2 Å². The van der Waals surface area contributed by atoms with Crippen LogP contribution in [0.3, 0.4) is 0 Å². The summed E-state index contributed by atoms with van der Waals surface area (Å²) in [6.45, 7) is 4.44. The molecular formula is C44H51N9O8. The number of nitrogens with zero attached hydrogens (tertiary/aromatic N) is 7. The second-order valence-electron chi connectivity index (χ2n) is 15.7. The van der Waals surface area contributed by atoms with Crippen molar-refractivity contribution in [3.05, 3.63) is 83.3 Å². The van der Waals surface area contributed by atoms with Gasteiger partial charge in [0.1, 0.15) is 11.8 Å². The van der Waals surface area contributed by atoms with E-state index >= 15 is 0 Å². The molecule has 1 aromatic carbocycles. The minimum Gasteiger partial charge on any atom is -0.493 e. The van der Waals surface area contributed by atoms with Crippen LogP contribution in [0.4, 0.5) is 5.82 Å². The number of hydrogen-bond donors (Lipinski definition) is 2. The Morgan fingerprint density at radius 3 is 2.39 bits per heavy atom. The number of likely N-dealkylation sites (tertiary alicyclic amines) is 1. The molecule has 0 saturated carbocycles. The van der Waals surface area contributed by atoms with Crippen LogP contribution < -0.4 is 20.3 Å². The lowest BCUT2D eigenvalue weighted by Gasteiger charge is -2.35. The summed E-state index contributed by atoms with van der Waals surface area (Å²) in [4.78, 5) is 99.4. The van der Waals surface area contributed by atoms with Crippen molar-refractivity contribution in [3.8, 4) is 5.75 Å². The molecule has 2 aromatic heterocycles. The lowest BCUT2D eigenvalue weighted by atomic mass is 9.91. The van der Waals surface area contributed by atoms with E-state index in [0.717, 1.165) is 42.6 Å². The van der Waals surface area contributed by atoms with Gasteiger partial charge in [-0.2, -0.15) is 0 Å². The summed E-state index contributed by atoms with van der Waals surface area (Å²) in [5.41, 5.74) is 1.45. The number of unbranched alkanes of at least 4 members (excludes halogenated alkanes) is 2. The third-order valence-electron chi connectivity index (χ3n) is 11.7. The van der Waals surface area contributed by atoms with Gasteiger partial charge in [-0.3, -0.25) is 48.8 Å². The number of rotatable bonds is 16. The number of imide groups is 2. The summed E-state index contributed by atoms with van der Waals surface area (Å²) in [6, 6.07) is 10.9. The molecule has 1 atom stereocenters. The van der Waals surface area contributed by atoms with Gasteiger partial charge in [0.05, 0.1) is 17.7 Å². The molecule has 0 radical (unpaired) electrons. The van der Waals surface area contributed by atoms with Crippen LogP contribution >= 0.6 is 0 Å². The fourth-order valence-electron chi connectivity index (χ4n) is 8.18. The van der Waals surface area contributed by atoms with Crippen molar-refractivity contribution in [2.24, 2.45) is 5.92 Å². The molecule has 0 aliphatic carbocycles. The topological polar surface area (TPSA) is 204 Å². The molecule has 7 rings (SSSR count). The Kier molecular flexibility index (Phi) is 14.1. The van der Waals surface area contributed by atoms with Crippen LogP contribution in [0.15, 0.2) is 60.9 Å². The van der Waals surface area contributed by atoms with E-state index in [0.29, 0.717) is 82.5 Å². The molecule has 6 heterocycles. The summed E-state index contributed by atoms with van der Waals surface area (Å²) in [6.07, 6.45) is 13.1. The van der Waals surface area contributed by atoms with Crippen LogP contribution in [0.25, 0.3) is 6.08 Å². The number of amides is 7. The Hall–Kier alpha value is -6.52. The van der Waals surface area contributed by atoms with Crippen molar-refractivity contribution in [2.75, 3.05) is 57.3 Å². The fraction of sp³-hybridized carbons (Fsp3) is 0.455. The van der Waals surface area contributed by atoms with Crippen molar-refractivity contribution in [2.45, 2.75) is 70.3 Å². The average molecular weight is 834 g/mol. The van der Waals surface area contributed by atoms with Crippen LogP contribution in [-0.4, -0.2) is 130 Å². The first-order valence-electron chi connectivity index (χ1n) is 21.2. The van der Waals surface area contributed by atoms with Crippen molar-refractivity contribution >= 4 is 53.2 Å². The van der Waals surface area contributed by atoms with Gasteiger partial charge in [0.25, 0.3) is 17.7 Å². The maximum atomic E-state index is 13.3. The summed E-state index contributed by atoms with van der Waals surface area (Å²) in [5.74, 6) is -1.08. The maximum absolute atomic E-state index is 13.3. The Morgan fingerprint density at radius 2 is 1.66 bits per heavy atom. The molecule has 0 spiro atoms. The first kappa shape index (κ1) is 42.6. The number of carbonyl (C=O) groups is 7. The highest BCUT2D eigenvalue weighted by atomic mass is 16.5. The first-order valence-corrected chi connectivity index (χ1v) is 21.2. The molecular weight excluding hydrogens is 783 g/mol. The quantitative estimate of drug-likeness (QED) is 0.122. The molecule has 7 amide bonds. The van der Waals surface area contributed by atoms with E-state index in [-0.39, 0.29) is 54.0 Å². The molecule has 17 heteroatoms. The van der Waals surface area contributed by atoms with E-state index in [2.05, 4.69) is 30.7 Å². The number of aromatic nitrogens is 3. The lowest BCUT2D eigenvalue weighted by Crippen LogP contribution is -2.54. The minimum atomic E-state index is -1.06. The highest BCUT2D eigenvalue weighted by Crippen LogP contribution is 2.34. The van der Waals surface area contributed by atoms with Gasteiger partial charge >= 0.3 is 0 Å². The molecule has 17 nitrogen and oxygen atoms in total. The van der Waals surface area contributed by atoms with E-state index in [1.54, 1.807) is 36.7 Å². The number of piperidine rings is 2. The van der Waals surface area contributed by atoms with Crippen molar-refractivity contribution in [3.63, 3.8) is 0 Å². The summed E-state index contributed by atoms with van der Waals surface area (Å²) < 4.78 is 5.90. The van der Waals surface area contributed by atoms with E-state index in [9.17, 15) is 33.6 Å². The van der Waals surface area contributed by atoms with Crippen molar-refractivity contribution < 1.29 is 38.3 Å². The number of piperazine rings is 1. The summed E-state index contributed by atoms with van der Waals surface area (Å²) in [5, 5.41) is 13.8. The molecule has 1 unspecified atom stereocenters. The standard InChI is InChI=1S/C44H51N9O8/c54-37(16-12-31-8-6-20-45-29-31)46-21-3-1-7-30-18-22-52(23-19-30)43(59)33-13-15-36(49-48-33)50-24-26-51(27-25-50)39(56)11-2-4-28-61-35-10-5-9-32-40(35)44(60)53(42(32)58)34-14-17-38(55)47-41(34)57/h5-6,8-10,12-13,15-16,20,29-30,34H,1-4,7,11,14,17-19,21-28H2,(H,46,54)(H,47,55,57)/b16-12+. The molecule has 3 aromatic rings. The number of anilines is 1. The third-order valence-corrected chi connectivity index (χ3v) is 11.7. The first-order chi connectivity index (χ1) is 29.7. The number of nitrogens with one attached hydrogen (secondary N) is 2. The minimum absolute atomic E-state index is 0.0336. The largest absolute Gasteiger partial charge is 0.493 e. The molecule has 0 bridgehead atoms. The van der Waals surface area contributed by atoms with Crippen molar-refractivity contribution in [1.82, 2.24) is 40.5 Å². The molecule has 3 saturated heterocycles. The SMILES string of the molecule is O=C(/C=C/c1cccnc1)NCCCCC1CCN(C(=O)c2ccc(N3CCN(C(=O)CCCCOc4cccc5c4C(=O)N(C4CCC(=O)NC4=O)C5=O)CC3)nn2)CC1. The smallest absolute Gasteiger partial charge is 0.274 e. The lowest BCUT2D eigenvalue weighted by molar-refractivity contribution is -0.136. The number of fused-ring (bicyclic) bond motifs is 1. The predicted molar refractivity (Wildman–Crippen MR) is 222 cm³/mol. The van der Waals surface area contributed by atoms with Crippen LogP contribution in [0, 0.1) is 5.92 Å². The van der Waals surface area contributed by atoms with Gasteiger partial charge in [-0.25, -0.2) is 0 Å². The molecule has 61 heavy (non-hydrogen) atoms. The monoisotopic (exact) mass is 833 g/mol. The molecule has 320 valence electrons. The number of carbonyl (C=O) groups excluding carboxylic acids is 7. The molecule has 4 aliphatic heterocycles. The van der Waals surface area contributed by atoms with Crippen LogP contribution in [0.2, 0.25) is 0 Å². The van der Waals surface area contributed by atoms with Crippen LogP contribution in [0.1, 0.15) is 101 Å².